The van der Waals surface area contributed by atoms with E-state index in [-0.39, 0.29) is 6.10 Å². The summed E-state index contributed by atoms with van der Waals surface area (Å²) >= 11 is 0. The van der Waals surface area contributed by atoms with Crippen molar-refractivity contribution in [1.29, 1.82) is 0 Å². The first-order valence-electron chi connectivity index (χ1n) is 4.63. The molecule has 0 radical (unpaired) electrons. The molecular formula is C9H21NO2. The number of hydrogen-bond acceptors (Lipinski definition) is 3. The minimum Gasteiger partial charge on any atom is -0.392 e. The fourth-order valence-corrected chi connectivity index (χ4v) is 0.777. The van der Waals surface area contributed by atoms with Gasteiger partial charge in [-0.15, -0.1) is 0 Å². The molecule has 0 fully saturated rings. The Hall–Kier alpha value is -0.120. The van der Waals surface area contributed by atoms with E-state index in [0.717, 1.165) is 12.8 Å². The van der Waals surface area contributed by atoms with Gasteiger partial charge in [0.25, 0.3) is 0 Å². The van der Waals surface area contributed by atoms with Crippen LogP contribution in [-0.4, -0.2) is 35.0 Å². The molecule has 2 unspecified atom stereocenters. The molecule has 0 aliphatic carbocycles. The second-order valence-corrected chi connectivity index (χ2v) is 3.54. The lowest BCUT2D eigenvalue weighted by Gasteiger charge is -2.22. The topological polar surface area (TPSA) is 52.5 Å². The quantitative estimate of drug-likeness (QED) is 0.551. The molecule has 0 bridgehead atoms. The zero-order valence-corrected chi connectivity index (χ0v) is 8.30. The van der Waals surface area contributed by atoms with Gasteiger partial charge in [-0.05, 0) is 19.8 Å². The summed E-state index contributed by atoms with van der Waals surface area (Å²) in [5.41, 5.74) is -0.645. The van der Waals surface area contributed by atoms with Crippen molar-refractivity contribution >= 4 is 0 Å². The SMILES string of the molecule is CCC(O)CNCC(C)(O)CC. The van der Waals surface area contributed by atoms with Gasteiger partial charge in [-0.3, -0.25) is 0 Å². The van der Waals surface area contributed by atoms with Crippen molar-refractivity contribution in [2.45, 2.75) is 45.3 Å². The molecule has 3 heteroatoms. The highest BCUT2D eigenvalue weighted by molar-refractivity contribution is 4.73. The third-order valence-electron chi connectivity index (χ3n) is 2.12. The molecule has 3 N–H and O–H groups in total. The number of nitrogens with one attached hydrogen (secondary N) is 1. The lowest BCUT2D eigenvalue weighted by atomic mass is 10.0. The van der Waals surface area contributed by atoms with Crippen LogP contribution in [0.3, 0.4) is 0 Å². The average Bonchev–Trinajstić information content (AvgIpc) is 2.04. The van der Waals surface area contributed by atoms with Crippen LogP contribution in [0.25, 0.3) is 0 Å². The van der Waals surface area contributed by atoms with Gasteiger partial charge in [0.05, 0.1) is 11.7 Å². The van der Waals surface area contributed by atoms with Crippen molar-refractivity contribution in [2.24, 2.45) is 0 Å². The van der Waals surface area contributed by atoms with Gasteiger partial charge in [-0.1, -0.05) is 13.8 Å². The summed E-state index contributed by atoms with van der Waals surface area (Å²) in [4.78, 5) is 0. The first kappa shape index (κ1) is 11.9. The van der Waals surface area contributed by atoms with Crippen LogP contribution in [0.2, 0.25) is 0 Å². The number of hydrogen-bond donors (Lipinski definition) is 3. The Labute approximate surface area is 74.8 Å². The predicted molar refractivity (Wildman–Crippen MR) is 50.1 cm³/mol. The van der Waals surface area contributed by atoms with Crippen molar-refractivity contribution in [3.05, 3.63) is 0 Å². The molecular weight excluding hydrogens is 154 g/mol. The van der Waals surface area contributed by atoms with Gasteiger partial charge in [-0.2, -0.15) is 0 Å². The number of aliphatic hydroxyl groups excluding tert-OH is 1. The zero-order valence-electron chi connectivity index (χ0n) is 8.30. The molecule has 0 aromatic rings. The van der Waals surface area contributed by atoms with Crippen LogP contribution in [-0.2, 0) is 0 Å². The van der Waals surface area contributed by atoms with Gasteiger partial charge in [0.1, 0.15) is 0 Å². The Kier molecular flexibility index (Phi) is 5.46. The fraction of sp³-hybridized carbons (Fsp3) is 1.00. The minimum atomic E-state index is -0.645. The predicted octanol–water partition coefficient (Wildman–Crippen LogP) is 0.508. The highest BCUT2D eigenvalue weighted by Gasteiger charge is 2.16. The third-order valence-corrected chi connectivity index (χ3v) is 2.12. The highest BCUT2D eigenvalue weighted by Crippen LogP contribution is 2.05. The summed E-state index contributed by atoms with van der Waals surface area (Å²) in [6.45, 7) is 6.77. The van der Waals surface area contributed by atoms with E-state index in [1.54, 1.807) is 6.92 Å². The van der Waals surface area contributed by atoms with Crippen LogP contribution in [0.15, 0.2) is 0 Å². The summed E-state index contributed by atoms with van der Waals surface area (Å²) in [5, 5.41) is 21.8. The second kappa shape index (κ2) is 5.51. The van der Waals surface area contributed by atoms with Crippen molar-refractivity contribution in [1.82, 2.24) is 5.32 Å². The van der Waals surface area contributed by atoms with E-state index in [0.29, 0.717) is 13.1 Å². The van der Waals surface area contributed by atoms with Gasteiger partial charge in [0.2, 0.25) is 0 Å². The molecule has 0 aliphatic rings. The molecule has 74 valence electrons. The summed E-state index contributed by atoms with van der Waals surface area (Å²) in [6, 6.07) is 0. The van der Waals surface area contributed by atoms with Gasteiger partial charge in [-0.25, -0.2) is 0 Å². The Morgan fingerprint density at radius 3 is 2.42 bits per heavy atom. The van der Waals surface area contributed by atoms with Crippen molar-refractivity contribution in [3.8, 4) is 0 Å². The van der Waals surface area contributed by atoms with Crippen LogP contribution in [0, 0.1) is 0 Å². The van der Waals surface area contributed by atoms with Gasteiger partial charge >= 0.3 is 0 Å². The summed E-state index contributed by atoms with van der Waals surface area (Å²) < 4.78 is 0. The van der Waals surface area contributed by atoms with Crippen molar-refractivity contribution in [2.75, 3.05) is 13.1 Å². The van der Waals surface area contributed by atoms with Crippen LogP contribution < -0.4 is 5.32 Å². The summed E-state index contributed by atoms with van der Waals surface area (Å²) in [7, 11) is 0. The third kappa shape index (κ3) is 5.52. The summed E-state index contributed by atoms with van der Waals surface area (Å²) in [5.74, 6) is 0. The molecule has 0 saturated heterocycles. The number of rotatable bonds is 6. The Bertz CT molecular complexity index is 115. The lowest BCUT2D eigenvalue weighted by molar-refractivity contribution is 0.0514. The Morgan fingerprint density at radius 2 is 2.00 bits per heavy atom. The minimum absolute atomic E-state index is 0.294. The molecule has 0 aromatic heterocycles. The van der Waals surface area contributed by atoms with Gasteiger partial charge < -0.3 is 15.5 Å². The Balaban J connectivity index is 3.42. The highest BCUT2D eigenvalue weighted by atomic mass is 16.3. The molecule has 0 saturated carbocycles. The monoisotopic (exact) mass is 175 g/mol. The van der Waals surface area contributed by atoms with Gasteiger partial charge in [0.15, 0.2) is 0 Å². The van der Waals surface area contributed by atoms with E-state index < -0.39 is 5.60 Å². The maximum atomic E-state index is 9.56. The standard InChI is InChI=1S/C9H21NO2/c1-4-8(11)6-10-7-9(3,12)5-2/h8,10-12H,4-7H2,1-3H3. The smallest absolute Gasteiger partial charge is 0.0741 e. The van der Waals surface area contributed by atoms with Crippen molar-refractivity contribution < 1.29 is 10.2 Å². The second-order valence-electron chi connectivity index (χ2n) is 3.54. The first-order valence-corrected chi connectivity index (χ1v) is 4.63. The van der Waals surface area contributed by atoms with Crippen molar-refractivity contribution in [3.63, 3.8) is 0 Å². The van der Waals surface area contributed by atoms with E-state index in [1.807, 2.05) is 13.8 Å². The first-order chi connectivity index (χ1) is 5.52. The maximum Gasteiger partial charge on any atom is 0.0741 e. The molecule has 0 aliphatic heterocycles. The molecule has 12 heavy (non-hydrogen) atoms. The van der Waals surface area contributed by atoms with E-state index in [9.17, 15) is 10.2 Å². The molecule has 3 nitrogen and oxygen atoms in total. The fourth-order valence-electron chi connectivity index (χ4n) is 0.777. The van der Waals surface area contributed by atoms with E-state index in [1.165, 1.54) is 0 Å². The van der Waals surface area contributed by atoms with E-state index in [2.05, 4.69) is 5.32 Å². The van der Waals surface area contributed by atoms with Crippen LogP contribution in [0.4, 0.5) is 0 Å². The van der Waals surface area contributed by atoms with E-state index >= 15 is 0 Å². The zero-order chi connectivity index (χ0) is 9.61. The van der Waals surface area contributed by atoms with Crippen LogP contribution >= 0.6 is 0 Å². The molecule has 0 spiro atoms. The molecule has 0 aromatic carbocycles. The summed E-state index contributed by atoms with van der Waals surface area (Å²) in [6.07, 6.45) is 1.18. The molecule has 0 rings (SSSR count). The lowest BCUT2D eigenvalue weighted by Crippen LogP contribution is -2.40. The molecule has 0 heterocycles. The maximum absolute atomic E-state index is 9.56. The van der Waals surface area contributed by atoms with Crippen LogP contribution in [0.1, 0.15) is 33.6 Å². The number of aliphatic hydroxyl groups is 2. The largest absolute Gasteiger partial charge is 0.392 e. The normalized spacial score (nSPS) is 18.8. The Morgan fingerprint density at radius 1 is 1.42 bits per heavy atom. The van der Waals surface area contributed by atoms with E-state index in [4.69, 9.17) is 0 Å². The average molecular weight is 175 g/mol. The van der Waals surface area contributed by atoms with Crippen LogP contribution in [0.5, 0.6) is 0 Å². The molecule has 0 amide bonds. The van der Waals surface area contributed by atoms with Gasteiger partial charge in [0, 0.05) is 13.1 Å². The molecule has 2 atom stereocenters.